The molecule has 0 aliphatic heterocycles. The molecular formula is C71H138O17P2. The third-order valence-corrected chi connectivity index (χ3v) is 19.3. The van der Waals surface area contributed by atoms with Crippen LogP contribution >= 0.6 is 15.6 Å². The van der Waals surface area contributed by atoms with E-state index in [4.69, 9.17) is 37.0 Å². The SMILES string of the molecule is CCC(C)CCCCCCCCCCCCCCCCC(=O)O[C@H](COC(=O)CCCCCCCCCCCC(C)C)COP(=O)(O)OC[C@@H](O)COP(=O)(O)OC[C@@H](COC(=O)CCCCCCCCC(C)CC)OC(=O)CCCCCCCCC(C)CC. The fourth-order valence-corrected chi connectivity index (χ4v) is 12.1. The second kappa shape index (κ2) is 60.7. The molecule has 90 heavy (non-hydrogen) atoms. The second-order valence-corrected chi connectivity index (χ2v) is 29.7. The van der Waals surface area contributed by atoms with Gasteiger partial charge in [-0.3, -0.25) is 37.3 Å². The van der Waals surface area contributed by atoms with E-state index in [2.05, 4.69) is 55.4 Å². The number of hydrogen-bond acceptors (Lipinski definition) is 15. The van der Waals surface area contributed by atoms with E-state index in [-0.39, 0.29) is 25.7 Å². The molecule has 17 nitrogen and oxygen atoms in total. The van der Waals surface area contributed by atoms with Gasteiger partial charge in [-0.15, -0.1) is 0 Å². The van der Waals surface area contributed by atoms with Gasteiger partial charge < -0.3 is 33.8 Å². The summed E-state index contributed by atoms with van der Waals surface area (Å²) in [4.78, 5) is 72.5. The Morgan fingerprint density at radius 1 is 0.311 bits per heavy atom. The van der Waals surface area contributed by atoms with Crippen LogP contribution in [0.3, 0.4) is 0 Å². The summed E-state index contributed by atoms with van der Waals surface area (Å²) in [5.74, 6) is 0.909. The molecule has 0 heterocycles. The molecular weight excluding hydrogens is 1190 g/mol. The van der Waals surface area contributed by atoms with E-state index in [1.165, 1.54) is 148 Å². The number of carbonyl (C=O) groups is 4. The molecule has 0 aromatic carbocycles. The maximum absolute atomic E-state index is 13.0. The minimum Gasteiger partial charge on any atom is -0.462 e. The summed E-state index contributed by atoms with van der Waals surface area (Å²) in [7, 11) is -9.90. The van der Waals surface area contributed by atoms with Crippen molar-refractivity contribution in [2.75, 3.05) is 39.6 Å². The summed E-state index contributed by atoms with van der Waals surface area (Å²) < 4.78 is 68.3. The van der Waals surface area contributed by atoms with Crippen LogP contribution < -0.4 is 0 Å². The van der Waals surface area contributed by atoms with Crippen molar-refractivity contribution in [3.8, 4) is 0 Å². The van der Waals surface area contributed by atoms with Crippen LogP contribution in [0.1, 0.15) is 351 Å². The van der Waals surface area contributed by atoms with Gasteiger partial charge in [-0.25, -0.2) is 9.13 Å². The lowest BCUT2D eigenvalue weighted by molar-refractivity contribution is -0.161. The standard InChI is InChI=1S/C71H138O17P2/c1-9-62(6)48-40-32-24-20-16-14-12-13-15-17-21-26-37-45-53-70(75)87-66(57-81-68(73)51-43-35-25-22-18-19-23-31-39-47-61(4)5)59-85-89(77,78)83-55-65(72)56-84-90(79,80)86-60-67(88-71(76)54-46-38-30-28-34-42-50-64(8)11-3)58-82-69(74)52-44-36-29-27-33-41-49-63(7)10-2/h61-67,72H,9-60H2,1-8H3,(H,77,78)(H,79,80)/t62?,63?,64?,65-,66-,67-/m1/s1. The van der Waals surface area contributed by atoms with Crippen LogP contribution in [0, 0.1) is 23.7 Å². The van der Waals surface area contributed by atoms with Crippen molar-refractivity contribution in [3.05, 3.63) is 0 Å². The predicted octanol–water partition coefficient (Wildman–Crippen LogP) is 20.1. The van der Waals surface area contributed by atoms with Crippen molar-refractivity contribution >= 4 is 39.5 Å². The maximum atomic E-state index is 13.0. The largest absolute Gasteiger partial charge is 0.472 e. The van der Waals surface area contributed by atoms with Crippen molar-refractivity contribution < 1.29 is 80.2 Å². The highest BCUT2D eigenvalue weighted by atomic mass is 31.2. The van der Waals surface area contributed by atoms with E-state index in [0.29, 0.717) is 25.7 Å². The molecule has 0 saturated carbocycles. The van der Waals surface area contributed by atoms with Gasteiger partial charge in [0.05, 0.1) is 26.4 Å². The molecule has 0 saturated heterocycles. The lowest BCUT2D eigenvalue weighted by atomic mass is 9.99. The summed E-state index contributed by atoms with van der Waals surface area (Å²) in [6.07, 6.45) is 43.1. The average molecular weight is 1330 g/mol. The van der Waals surface area contributed by atoms with Gasteiger partial charge in [-0.1, -0.05) is 299 Å². The van der Waals surface area contributed by atoms with Crippen molar-refractivity contribution in [2.45, 2.75) is 369 Å². The van der Waals surface area contributed by atoms with Crippen molar-refractivity contribution in [1.29, 1.82) is 0 Å². The molecule has 0 radical (unpaired) electrons. The molecule has 8 atom stereocenters. The van der Waals surface area contributed by atoms with E-state index >= 15 is 0 Å². The van der Waals surface area contributed by atoms with E-state index in [1.54, 1.807) is 0 Å². The van der Waals surface area contributed by atoms with E-state index < -0.39 is 97.5 Å². The Labute approximate surface area is 549 Å². The molecule has 3 N–H and O–H groups in total. The van der Waals surface area contributed by atoms with Gasteiger partial charge >= 0.3 is 39.5 Å². The number of carbonyl (C=O) groups excluding carboxylic acids is 4. The van der Waals surface area contributed by atoms with Crippen LogP contribution in [0.5, 0.6) is 0 Å². The van der Waals surface area contributed by atoms with E-state index in [1.807, 2.05) is 0 Å². The number of hydrogen-bond donors (Lipinski definition) is 3. The number of rotatable bonds is 68. The zero-order chi connectivity index (χ0) is 66.8. The number of phosphoric ester groups is 2. The lowest BCUT2D eigenvalue weighted by Gasteiger charge is -2.21. The second-order valence-electron chi connectivity index (χ2n) is 26.8. The summed E-state index contributed by atoms with van der Waals surface area (Å²) in [5, 5.41) is 10.6. The molecule has 19 heteroatoms. The Morgan fingerprint density at radius 2 is 0.533 bits per heavy atom. The first-order valence-electron chi connectivity index (χ1n) is 36.8. The summed E-state index contributed by atoms with van der Waals surface area (Å²) in [6.45, 7) is 14.1. The highest BCUT2D eigenvalue weighted by molar-refractivity contribution is 7.47. The van der Waals surface area contributed by atoms with Crippen molar-refractivity contribution in [3.63, 3.8) is 0 Å². The summed E-state index contributed by atoms with van der Waals surface area (Å²) in [6, 6.07) is 0. The number of ether oxygens (including phenoxy) is 4. The molecule has 0 aromatic rings. The predicted molar refractivity (Wildman–Crippen MR) is 363 cm³/mol. The highest BCUT2D eigenvalue weighted by Gasteiger charge is 2.30. The van der Waals surface area contributed by atoms with Crippen LogP contribution in [0.25, 0.3) is 0 Å². The Balaban J connectivity index is 5.24. The monoisotopic (exact) mass is 1320 g/mol. The van der Waals surface area contributed by atoms with Crippen LogP contribution in [0.15, 0.2) is 0 Å². The molecule has 0 aliphatic carbocycles. The minimum absolute atomic E-state index is 0.102. The van der Waals surface area contributed by atoms with Crippen molar-refractivity contribution in [1.82, 2.24) is 0 Å². The zero-order valence-electron chi connectivity index (χ0n) is 58.8. The maximum Gasteiger partial charge on any atom is 0.472 e. The smallest absolute Gasteiger partial charge is 0.462 e. The molecule has 0 fully saturated rings. The van der Waals surface area contributed by atoms with Crippen LogP contribution in [0.2, 0.25) is 0 Å². The van der Waals surface area contributed by atoms with Gasteiger partial charge in [0.1, 0.15) is 19.3 Å². The highest BCUT2D eigenvalue weighted by Crippen LogP contribution is 2.45. The van der Waals surface area contributed by atoms with Gasteiger partial charge in [-0.05, 0) is 49.4 Å². The van der Waals surface area contributed by atoms with Gasteiger partial charge in [-0.2, -0.15) is 0 Å². The quantitative estimate of drug-likeness (QED) is 0.0222. The number of esters is 4. The lowest BCUT2D eigenvalue weighted by Crippen LogP contribution is -2.30. The molecule has 0 amide bonds. The molecule has 534 valence electrons. The topological polar surface area (TPSA) is 237 Å². The summed E-state index contributed by atoms with van der Waals surface area (Å²) in [5.41, 5.74) is 0. The Kier molecular flexibility index (Phi) is 59.4. The van der Waals surface area contributed by atoms with Crippen LogP contribution in [-0.2, 0) is 65.4 Å². The zero-order valence-corrected chi connectivity index (χ0v) is 60.6. The van der Waals surface area contributed by atoms with Gasteiger partial charge in [0.2, 0.25) is 0 Å². The van der Waals surface area contributed by atoms with Gasteiger partial charge in [0, 0.05) is 25.7 Å². The molecule has 0 aromatic heterocycles. The van der Waals surface area contributed by atoms with E-state index in [9.17, 15) is 43.2 Å². The molecule has 0 bridgehead atoms. The first kappa shape index (κ1) is 88.1. The first-order valence-corrected chi connectivity index (χ1v) is 39.8. The van der Waals surface area contributed by atoms with Gasteiger partial charge in [0.25, 0.3) is 0 Å². The third-order valence-electron chi connectivity index (χ3n) is 17.4. The summed E-state index contributed by atoms with van der Waals surface area (Å²) >= 11 is 0. The van der Waals surface area contributed by atoms with Gasteiger partial charge in [0.15, 0.2) is 12.2 Å². The molecule has 0 spiro atoms. The van der Waals surface area contributed by atoms with E-state index in [0.717, 1.165) is 120 Å². The fourth-order valence-electron chi connectivity index (χ4n) is 10.6. The fraction of sp³-hybridized carbons (Fsp3) is 0.944. The molecule has 0 rings (SSSR count). The third kappa shape index (κ3) is 61.0. The number of aliphatic hydroxyl groups excluding tert-OH is 1. The normalized spacial score (nSPS) is 15.2. The number of phosphoric acid groups is 2. The van der Waals surface area contributed by atoms with Crippen molar-refractivity contribution in [2.24, 2.45) is 23.7 Å². The van der Waals surface area contributed by atoms with Crippen LogP contribution in [0.4, 0.5) is 0 Å². The number of unbranched alkanes of at least 4 members (excludes halogenated alkanes) is 31. The minimum atomic E-state index is -4.95. The average Bonchev–Trinajstić information content (AvgIpc) is 3.01. The molecule has 5 unspecified atom stereocenters. The molecule has 0 aliphatic rings. The first-order chi connectivity index (χ1) is 43.2. The Bertz CT molecular complexity index is 1790. The number of aliphatic hydroxyl groups is 1. The Morgan fingerprint density at radius 3 is 0.789 bits per heavy atom. The van der Waals surface area contributed by atoms with Crippen LogP contribution in [-0.4, -0.2) is 96.7 Å². The Hall–Kier alpha value is -1.94.